The van der Waals surface area contributed by atoms with Crippen molar-refractivity contribution in [2.24, 2.45) is 7.05 Å². The maximum absolute atomic E-state index is 14.0. The second-order valence-electron chi connectivity index (χ2n) is 18.5. The van der Waals surface area contributed by atoms with Gasteiger partial charge in [0.2, 0.25) is 5.52 Å². The zero-order valence-corrected chi connectivity index (χ0v) is 36.0. The Kier molecular flexibility index (Phi) is 10.6. The summed E-state index contributed by atoms with van der Waals surface area (Å²) in [6.07, 6.45) is 13.9. The van der Waals surface area contributed by atoms with Crippen molar-refractivity contribution in [3.05, 3.63) is 106 Å². The average molecular weight is 794 g/mol. The summed E-state index contributed by atoms with van der Waals surface area (Å²) < 4.78 is 42.8. The number of benzene rings is 2. The molecule has 0 saturated carbocycles. The van der Waals surface area contributed by atoms with Crippen molar-refractivity contribution in [1.29, 1.82) is 0 Å². The highest BCUT2D eigenvalue weighted by atomic mass is 32.1. The van der Waals surface area contributed by atoms with Crippen LogP contribution in [0.15, 0.2) is 84.2 Å². The summed E-state index contributed by atoms with van der Waals surface area (Å²) in [5, 5.41) is 1.34. The van der Waals surface area contributed by atoms with E-state index >= 15 is 0 Å². The van der Waals surface area contributed by atoms with E-state index in [4.69, 9.17) is 4.74 Å². The zero-order valence-electron chi connectivity index (χ0n) is 35.2. The lowest BCUT2D eigenvalue weighted by Gasteiger charge is -2.37. The Hall–Kier alpha value is -4.19. The van der Waals surface area contributed by atoms with E-state index in [0.29, 0.717) is 5.70 Å². The van der Waals surface area contributed by atoms with Gasteiger partial charge in [0.15, 0.2) is 6.54 Å². The molecule has 0 aliphatic carbocycles. The standard InChI is InChI=1S/C46H60BF2N6OS/c1-33-32-46(2,3)53(47(48)49)39(33)31-35-21-20-34(50(35)4)15-12-27-54(5,6)29-14-30-55(7,8)28-13-24-51-25-22-36-43-38(51)17-11-18-40(43)56-41-23-26-52-37-16-9-10-19-42(37)57-45(52)44(36)41/h9-11,16-22,25,31-32,41H,12-15,23-24,26-30H2,1-8H3/q+3/b39-31-. The lowest BCUT2D eigenvalue weighted by molar-refractivity contribution is -0.909. The Balaban J connectivity index is 0.832. The molecule has 0 spiro atoms. The minimum Gasteiger partial charge on any atom is -0.484 e. The van der Waals surface area contributed by atoms with Crippen LogP contribution in [0, 0.1) is 0 Å². The minimum absolute atomic E-state index is 0.0937. The molecule has 2 aromatic carbocycles. The van der Waals surface area contributed by atoms with Gasteiger partial charge in [0.1, 0.15) is 16.6 Å². The van der Waals surface area contributed by atoms with E-state index in [1.54, 1.807) is 0 Å². The first-order valence-corrected chi connectivity index (χ1v) is 21.6. The normalized spacial score (nSPS) is 19.2. The summed E-state index contributed by atoms with van der Waals surface area (Å²) in [7, 11) is 8.96. The summed E-state index contributed by atoms with van der Waals surface area (Å²) in [5.41, 5.74) is 9.51. The van der Waals surface area contributed by atoms with Gasteiger partial charge in [0, 0.05) is 85.3 Å². The van der Waals surface area contributed by atoms with Crippen molar-refractivity contribution in [3.63, 3.8) is 0 Å². The lowest BCUT2D eigenvalue weighted by atomic mass is 9.87. The van der Waals surface area contributed by atoms with Crippen molar-refractivity contribution >= 4 is 51.9 Å². The van der Waals surface area contributed by atoms with E-state index in [9.17, 15) is 8.63 Å². The summed E-state index contributed by atoms with van der Waals surface area (Å²) in [4.78, 5) is 3.66. The third-order valence-corrected chi connectivity index (χ3v) is 14.0. The number of rotatable bonds is 14. The summed E-state index contributed by atoms with van der Waals surface area (Å²) in [6, 6.07) is 19.6. The number of quaternary nitrogens is 2. The Morgan fingerprint density at radius 3 is 2.46 bits per heavy atom. The molecule has 11 heteroatoms. The number of para-hydroxylation sites is 1. The third-order valence-electron chi connectivity index (χ3n) is 12.8. The first kappa shape index (κ1) is 39.6. The molecule has 4 aromatic rings. The number of thiazole rings is 1. The van der Waals surface area contributed by atoms with Crippen LogP contribution in [0.2, 0.25) is 0 Å². The molecule has 1 atom stereocenters. The number of anilines is 1. The maximum Gasteiger partial charge on any atom is 0.673 e. The number of hydrogen-bond acceptors (Lipinski definition) is 4. The molecule has 0 amide bonds. The van der Waals surface area contributed by atoms with Crippen molar-refractivity contribution in [1.82, 2.24) is 9.38 Å². The maximum atomic E-state index is 14.0. The smallest absolute Gasteiger partial charge is 0.484 e. The fourth-order valence-corrected chi connectivity index (χ4v) is 11.0. The molecule has 0 saturated heterocycles. The van der Waals surface area contributed by atoms with Crippen LogP contribution in [0.25, 0.3) is 27.4 Å². The van der Waals surface area contributed by atoms with Crippen molar-refractivity contribution in [2.45, 2.75) is 71.1 Å². The largest absolute Gasteiger partial charge is 0.673 e. The van der Waals surface area contributed by atoms with Gasteiger partial charge in [-0.15, -0.1) is 0 Å². The topological polar surface area (TPSA) is 24.5 Å². The van der Waals surface area contributed by atoms with Crippen molar-refractivity contribution in [3.8, 4) is 5.75 Å². The molecule has 0 N–H and O–H groups in total. The Morgan fingerprint density at radius 2 is 1.68 bits per heavy atom. The molecule has 0 fully saturated rings. The number of halogens is 2. The van der Waals surface area contributed by atoms with Crippen LogP contribution in [0.1, 0.15) is 68.4 Å². The number of aryl methyl sites for hydroxylation is 2. The number of fused-ring (bicyclic) bond motifs is 5. The molecule has 0 bridgehead atoms. The average Bonchev–Trinajstić information content (AvgIpc) is 3.77. The van der Waals surface area contributed by atoms with E-state index in [2.05, 4.69) is 116 Å². The molecule has 1 unspecified atom stereocenters. The van der Waals surface area contributed by atoms with Crippen LogP contribution in [-0.4, -0.2) is 98.3 Å². The zero-order chi connectivity index (χ0) is 40.3. The summed E-state index contributed by atoms with van der Waals surface area (Å²) in [6.45, 7) is 12.1. The predicted octanol–water partition coefficient (Wildman–Crippen LogP) is 8.81. The van der Waals surface area contributed by atoms with Crippen LogP contribution in [-0.2, 0) is 20.0 Å². The van der Waals surface area contributed by atoms with E-state index in [-0.39, 0.29) is 6.10 Å². The molecular weight excluding hydrogens is 733 g/mol. The number of allylic oxidation sites excluding steroid dienone is 3. The lowest BCUT2D eigenvalue weighted by Crippen LogP contribution is -2.46. The minimum atomic E-state index is -2.54. The van der Waals surface area contributed by atoms with Gasteiger partial charge in [0.25, 0.3) is 5.01 Å². The molecule has 57 heavy (non-hydrogen) atoms. The van der Waals surface area contributed by atoms with Gasteiger partial charge < -0.3 is 28.0 Å². The number of ether oxygens (including phenoxy) is 1. The molecular formula is C46H60BF2N6OS+3. The molecule has 2 aromatic heterocycles. The highest BCUT2D eigenvalue weighted by Gasteiger charge is 2.44. The monoisotopic (exact) mass is 793 g/mol. The molecule has 6 heterocycles. The quantitative estimate of drug-likeness (QED) is 0.0726. The molecule has 4 aliphatic heterocycles. The van der Waals surface area contributed by atoms with Gasteiger partial charge in [0.05, 0.1) is 65.6 Å². The number of nitrogens with zero attached hydrogens (tertiary/aromatic N) is 6. The highest BCUT2D eigenvalue weighted by molar-refractivity contribution is 7.19. The van der Waals surface area contributed by atoms with Crippen molar-refractivity contribution in [2.75, 3.05) is 65.8 Å². The van der Waals surface area contributed by atoms with Gasteiger partial charge in [-0.2, -0.15) is 4.57 Å². The molecule has 0 radical (unpaired) electrons. The summed E-state index contributed by atoms with van der Waals surface area (Å²) in [5.74, 6) is 1.02. The fourth-order valence-electron chi connectivity index (χ4n) is 9.75. The molecule has 7 nitrogen and oxygen atoms in total. The van der Waals surface area contributed by atoms with E-state index in [1.165, 1.54) is 54.5 Å². The van der Waals surface area contributed by atoms with Gasteiger partial charge in [-0.05, 0) is 75.2 Å². The number of aromatic nitrogens is 2. The first-order chi connectivity index (χ1) is 27.1. The van der Waals surface area contributed by atoms with Gasteiger partial charge >= 0.3 is 7.40 Å². The Bertz CT molecular complexity index is 2300. The van der Waals surface area contributed by atoms with Crippen LogP contribution < -0.4 is 14.2 Å². The predicted molar refractivity (Wildman–Crippen MR) is 233 cm³/mol. The van der Waals surface area contributed by atoms with Crippen LogP contribution in [0.4, 0.5) is 14.3 Å². The Labute approximate surface area is 342 Å². The van der Waals surface area contributed by atoms with Gasteiger partial charge in [-0.1, -0.05) is 35.6 Å². The van der Waals surface area contributed by atoms with E-state index < -0.39 is 12.9 Å². The van der Waals surface area contributed by atoms with Gasteiger partial charge in [-0.3, -0.25) is 8.63 Å². The second-order valence-corrected chi connectivity index (χ2v) is 19.5. The highest BCUT2D eigenvalue weighted by Crippen LogP contribution is 2.50. The fraction of sp³-hybridized carbons (Fsp3) is 0.457. The second kappa shape index (κ2) is 15.2. The number of hydrogen-bond donors (Lipinski definition) is 0. The third kappa shape index (κ3) is 7.75. The summed E-state index contributed by atoms with van der Waals surface area (Å²) >= 11 is 1.89. The van der Waals surface area contributed by atoms with Crippen LogP contribution >= 0.6 is 11.3 Å². The van der Waals surface area contributed by atoms with Crippen molar-refractivity contribution < 1.29 is 26.9 Å². The first-order valence-electron chi connectivity index (χ1n) is 20.8. The van der Waals surface area contributed by atoms with Crippen LogP contribution in [0.5, 0.6) is 5.75 Å². The van der Waals surface area contributed by atoms with E-state index in [1.807, 2.05) is 44.3 Å². The Morgan fingerprint density at radius 1 is 0.947 bits per heavy atom. The SMILES string of the molecule is CC1=CC(C)(C)N(B(F)F)/C1=C\c1ccc(CCC[N+](C)(C)CCC[N+](C)(C)CCCN2C=CC3=C4c5sc6ccccc6[n+]5CCC4Oc4cccc2c43)n1C. The molecule has 4 aliphatic rings. The van der Waals surface area contributed by atoms with Crippen LogP contribution in [0.3, 0.4) is 0 Å². The van der Waals surface area contributed by atoms with Gasteiger partial charge in [-0.25, -0.2) is 0 Å². The molecule has 8 rings (SSSR count). The molecule has 300 valence electrons. The van der Waals surface area contributed by atoms with E-state index in [0.717, 1.165) is 90.9 Å².